The Balaban J connectivity index is 1.41. The first-order valence-electron chi connectivity index (χ1n) is 13.5. The number of cyclic esters (lactones) is 1. The number of nitrogens with one attached hydrogen (secondary N) is 1. The second-order valence-electron chi connectivity index (χ2n) is 9.80. The summed E-state index contributed by atoms with van der Waals surface area (Å²) >= 11 is 6.98. The Kier molecular flexibility index (Phi) is 11.0. The zero-order chi connectivity index (χ0) is 31.1. The molecule has 3 heterocycles. The molecule has 4 rings (SSSR count). The summed E-state index contributed by atoms with van der Waals surface area (Å²) in [6.07, 6.45) is -1.12. The first kappa shape index (κ1) is 32.3. The Morgan fingerprint density at radius 1 is 1.21 bits per heavy atom. The van der Waals surface area contributed by atoms with Gasteiger partial charge in [0.2, 0.25) is 11.8 Å². The highest BCUT2D eigenvalue weighted by molar-refractivity contribution is 7.18. The Hall–Kier alpha value is -3.63. The Morgan fingerprint density at radius 3 is 2.67 bits per heavy atom. The van der Waals surface area contributed by atoms with Gasteiger partial charge in [0.15, 0.2) is 0 Å². The summed E-state index contributed by atoms with van der Waals surface area (Å²) in [7, 11) is 0. The summed E-state index contributed by atoms with van der Waals surface area (Å²) in [5.74, 6) is -2.74. The molecule has 0 aliphatic carbocycles. The molecule has 5 amide bonds. The number of carbonyl (C=O) groups excluding carboxylic acids is 5. The van der Waals surface area contributed by atoms with Crippen LogP contribution in [0.3, 0.4) is 0 Å². The summed E-state index contributed by atoms with van der Waals surface area (Å²) in [5, 5.41) is 11.5. The van der Waals surface area contributed by atoms with Crippen LogP contribution in [0.1, 0.15) is 28.9 Å². The van der Waals surface area contributed by atoms with E-state index in [1.807, 2.05) is 0 Å². The van der Waals surface area contributed by atoms with Gasteiger partial charge in [-0.3, -0.25) is 29.0 Å². The van der Waals surface area contributed by atoms with Crippen molar-refractivity contribution < 1.29 is 42.9 Å². The summed E-state index contributed by atoms with van der Waals surface area (Å²) in [6, 6.07) is 6.00. The van der Waals surface area contributed by atoms with Gasteiger partial charge in [0.05, 0.1) is 41.2 Å². The molecule has 0 spiro atoms. The molecule has 13 nitrogen and oxygen atoms in total. The second-order valence-corrected chi connectivity index (χ2v) is 11.5. The van der Waals surface area contributed by atoms with Crippen molar-refractivity contribution in [1.82, 2.24) is 10.2 Å². The summed E-state index contributed by atoms with van der Waals surface area (Å²) < 4.78 is 26.0. The van der Waals surface area contributed by atoms with E-state index in [0.717, 1.165) is 27.2 Å². The third kappa shape index (κ3) is 8.06. The van der Waals surface area contributed by atoms with E-state index < -0.39 is 48.4 Å². The van der Waals surface area contributed by atoms with E-state index in [9.17, 15) is 24.0 Å². The maximum atomic E-state index is 15.1. The van der Waals surface area contributed by atoms with Crippen LogP contribution in [0.15, 0.2) is 30.3 Å². The molecule has 2 aromatic rings. The molecule has 1 aromatic heterocycles. The first-order valence-corrected chi connectivity index (χ1v) is 14.7. The average Bonchev–Trinajstić information content (AvgIpc) is 3.59. The fourth-order valence-electron chi connectivity index (χ4n) is 4.51. The monoisotopic (exact) mass is 639 g/mol. The van der Waals surface area contributed by atoms with Crippen LogP contribution in [0.5, 0.6) is 0 Å². The number of amides is 5. The van der Waals surface area contributed by atoms with Gasteiger partial charge in [0, 0.05) is 25.2 Å². The predicted molar refractivity (Wildman–Crippen MR) is 154 cm³/mol. The standard InChI is InChI=1S/C27H31ClFN5O8S/c28-22-7-6-21(43-22)26(39)34(23(36)3-1-2-8-31-25(38)19(30)14-35)13-17-12-33(27(40)42-17)20-5-4-16(11-18(20)29)32-9-10-41-15-24(32)37/h4-7,11,17,19,35H,1-3,8-10,12-15,30H2,(H,31,38)/t17-,19+/m1/s1. The Morgan fingerprint density at radius 2 is 2.00 bits per heavy atom. The first-order chi connectivity index (χ1) is 20.6. The summed E-state index contributed by atoms with van der Waals surface area (Å²) in [4.78, 5) is 66.7. The second kappa shape index (κ2) is 14.7. The van der Waals surface area contributed by atoms with E-state index in [2.05, 4.69) is 5.32 Å². The van der Waals surface area contributed by atoms with Crippen molar-refractivity contribution >= 4 is 64.0 Å². The molecule has 2 aliphatic heterocycles. The highest BCUT2D eigenvalue weighted by atomic mass is 35.5. The molecule has 0 radical (unpaired) electrons. The number of unbranched alkanes of at least 4 members (excludes halogenated alkanes) is 1. The van der Waals surface area contributed by atoms with Crippen molar-refractivity contribution in [3.05, 3.63) is 45.4 Å². The number of rotatable bonds is 12. The van der Waals surface area contributed by atoms with Gasteiger partial charge < -0.3 is 30.5 Å². The molecule has 16 heteroatoms. The number of carbonyl (C=O) groups is 5. The van der Waals surface area contributed by atoms with Crippen LogP contribution in [0.2, 0.25) is 4.34 Å². The normalized spacial score (nSPS) is 17.5. The van der Waals surface area contributed by atoms with Gasteiger partial charge in [-0.2, -0.15) is 0 Å². The molecule has 232 valence electrons. The minimum atomic E-state index is -1.04. The molecule has 0 saturated carbocycles. The molecule has 2 fully saturated rings. The van der Waals surface area contributed by atoms with Crippen molar-refractivity contribution in [3.8, 4) is 0 Å². The SMILES string of the molecule is N[C@@H](CO)C(=O)NCCCCC(=O)N(C[C@H]1CN(c2ccc(N3CCOCC3=O)cc2F)C(=O)O1)C(=O)c1ccc(Cl)s1. The third-order valence-electron chi connectivity index (χ3n) is 6.76. The molecule has 2 atom stereocenters. The number of ether oxygens (including phenoxy) is 2. The van der Waals surface area contributed by atoms with Gasteiger partial charge in [0.1, 0.15) is 24.6 Å². The molecule has 1 aromatic carbocycles. The highest BCUT2D eigenvalue weighted by Gasteiger charge is 2.38. The molecule has 0 unspecified atom stereocenters. The van der Waals surface area contributed by atoms with Crippen molar-refractivity contribution in [2.45, 2.75) is 31.4 Å². The van der Waals surface area contributed by atoms with Crippen LogP contribution in [0.4, 0.5) is 20.6 Å². The number of hydrogen-bond acceptors (Lipinski definition) is 10. The largest absolute Gasteiger partial charge is 0.442 e. The molecule has 43 heavy (non-hydrogen) atoms. The van der Waals surface area contributed by atoms with Gasteiger partial charge in [-0.05, 0) is 43.2 Å². The zero-order valence-electron chi connectivity index (χ0n) is 23.0. The zero-order valence-corrected chi connectivity index (χ0v) is 24.6. The topological polar surface area (TPSA) is 172 Å². The Labute approximate surface area is 255 Å². The lowest BCUT2D eigenvalue weighted by Crippen LogP contribution is -2.43. The number of aliphatic hydroxyl groups excluding tert-OH is 1. The molecule has 2 saturated heterocycles. The maximum absolute atomic E-state index is 15.1. The molecule has 0 bridgehead atoms. The lowest BCUT2D eigenvalue weighted by molar-refractivity contribution is -0.129. The van der Waals surface area contributed by atoms with E-state index in [0.29, 0.717) is 29.5 Å². The molecule has 2 aliphatic rings. The van der Waals surface area contributed by atoms with Gasteiger partial charge in [-0.15, -0.1) is 11.3 Å². The number of aliphatic hydroxyl groups is 1. The molecular weight excluding hydrogens is 609 g/mol. The number of thiophene rings is 1. The van der Waals surface area contributed by atoms with Crippen LogP contribution >= 0.6 is 22.9 Å². The number of imide groups is 1. The van der Waals surface area contributed by atoms with Crippen molar-refractivity contribution in [3.63, 3.8) is 0 Å². The fraction of sp³-hybridized carbons (Fsp3) is 0.444. The van der Waals surface area contributed by atoms with E-state index in [1.54, 1.807) is 0 Å². The number of morpholine rings is 1. The Bertz CT molecular complexity index is 1380. The van der Waals surface area contributed by atoms with Gasteiger partial charge in [-0.25, -0.2) is 9.18 Å². The van der Waals surface area contributed by atoms with Crippen LogP contribution in [0, 0.1) is 5.82 Å². The van der Waals surface area contributed by atoms with Crippen LogP contribution in [0.25, 0.3) is 0 Å². The molecular formula is C27H31ClFN5O8S. The quantitative estimate of drug-likeness (QED) is 0.291. The fourth-order valence-corrected chi connectivity index (χ4v) is 5.50. The van der Waals surface area contributed by atoms with Crippen molar-refractivity contribution in [1.29, 1.82) is 0 Å². The minimum Gasteiger partial charge on any atom is -0.442 e. The van der Waals surface area contributed by atoms with Gasteiger partial charge >= 0.3 is 6.09 Å². The summed E-state index contributed by atoms with van der Waals surface area (Å²) in [6.45, 7) is -0.212. The van der Waals surface area contributed by atoms with E-state index in [4.69, 9.17) is 31.9 Å². The maximum Gasteiger partial charge on any atom is 0.414 e. The minimum absolute atomic E-state index is 0.0481. The summed E-state index contributed by atoms with van der Waals surface area (Å²) in [5.41, 5.74) is 5.70. The van der Waals surface area contributed by atoms with E-state index in [1.165, 1.54) is 29.2 Å². The van der Waals surface area contributed by atoms with Crippen LogP contribution in [-0.2, 0) is 23.9 Å². The van der Waals surface area contributed by atoms with Crippen LogP contribution < -0.4 is 20.9 Å². The third-order valence-corrected chi connectivity index (χ3v) is 7.98. The van der Waals surface area contributed by atoms with Gasteiger partial charge in [0.25, 0.3) is 11.8 Å². The number of anilines is 2. The average molecular weight is 640 g/mol. The molecule has 4 N–H and O–H groups in total. The number of hydrogen-bond donors (Lipinski definition) is 3. The lowest BCUT2D eigenvalue weighted by atomic mass is 10.2. The van der Waals surface area contributed by atoms with Gasteiger partial charge in [-0.1, -0.05) is 11.6 Å². The predicted octanol–water partition coefficient (Wildman–Crippen LogP) is 1.50. The van der Waals surface area contributed by atoms with E-state index in [-0.39, 0.29) is 55.7 Å². The van der Waals surface area contributed by atoms with Crippen LogP contribution in [-0.4, -0.2) is 97.9 Å². The van der Waals surface area contributed by atoms with Crippen molar-refractivity contribution in [2.75, 3.05) is 55.8 Å². The number of benzene rings is 1. The number of nitrogens with zero attached hydrogens (tertiary/aromatic N) is 3. The lowest BCUT2D eigenvalue weighted by Gasteiger charge is -2.27. The van der Waals surface area contributed by atoms with Crippen molar-refractivity contribution in [2.24, 2.45) is 5.73 Å². The smallest absolute Gasteiger partial charge is 0.414 e. The highest BCUT2D eigenvalue weighted by Crippen LogP contribution is 2.30. The number of halogens is 2. The number of nitrogens with two attached hydrogens (primary N) is 1. The van der Waals surface area contributed by atoms with E-state index >= 15 is 4.39 Å².